The summed E-state index contributed by atoms with van der Waals surface area (Å²) in [6, 6.07) is 14.8. The highest BCUT2D eigenvalue weighted by Gasteiger charge is 2.16. The molecular weight excluding hydrogens is 255 g/mol. The molecule has 0 aliphatic rings. The fourth-order valence-corrected chi connectivity index (χ4v) is 2.07. The fraction of sp³-hybridized carbons (Fsp3) is 0. The van der Waals surface area contributed by atoms with Gasteiger partial charge in [0.15, 0.2) is 0 Å². The Bertz CT molecular complexity index is 630. The Morgan fingerprint density at radius 1 is 0.833 bits per heavy atom. The first-order valence-corrected chi connectivity index (χ1v) is 6.56. The minimum Gasteiger partial charge on any atom is -0.301 e. The number of rotatable bonds is 4. The van der Waals surface area contributed by atoms with Crippen LogP contribution in [0.4, 0.5) is 15.3 Å². The lowest BCUT2D eigenvalue weighted by atomic mass is 10.3. The molecule has 0 amide bonds. The number of benzene rings is 2. The van der Waals surface area contributed by atoms with Gasteiger partial charge in [0.2, 0.25) is 0 Å². The summed E-state index contributed by atoms with van der Waals surface area (Å²) in [6.45, 7) is 0. The molecule has 2 aromatic rings. The lowest BCUT2D eigenvalue weighted by Gasteiger charge is -2.11. The van der Waals surface area contributed by atoms with E-state index >= 15 is 0 Å². The van der Waals surface area contributed by atoms with E-state index in [9.17, 15) is 12.3 Å². The Kier molecular flexibility index (Phi) is 3.47. The molecule has 0 radical (unpaired) electrons. The van der Waals surface area contributed by atoms with Gasteiger partial charge in [0, 0.05) is 0 Å². The molecule has 0 saturated heterocycles. The standard InChI is InChI=1S/C12H11FN2O2S/c13-18(16,17)12-9-5-4-8-11(12)15-14-10-6-2-1-3-7-10/h1-9,14-15H. The average Bonchev–Trinajstić information content (AvgIpc) is 2.37. The molecule has 0 fully saturated rings. The van der Waals surface area contributed by atoms with Crippen molar-refractivity contribution in [2.24, 2.45) is 0 Å². The zero-order valence-corrected chi connectivity index (χ0v) is 10.1. The molecule has 2 N–H and O–H groups in total. The number of para-hydroxylation sites is 2. The highest BCUT2D eigenvalue weighted by atomic mass is 32.3. The number of nitrogens with one attached hydrogen (secondary N) is 2. The smallest absolute Gasteiger partial charge is 0.301 e. The maximum atomic E-state index is 13.0. The quantitative estimate of drug-likeness (QED) is 0.660. The van der Waals surface area contributed by atoms with Gasteiger partial charge in [-0.2, -0.15) is 8.42 Å². The zero-order valence-electron chi connectivity index (χ0n) is 9.30. The van der Waals surface area contributed by atoms with Crippen LogP contribution in [-0.4, -0.2) is 8.42 Å². The van der Waals surface area contributed by atoms with Crippen LogP contribution in [0.15, 0.2) is 59.5 Å². The van der Waals surface area contributed by atoms with E-state index in [-0.39, 0.29) is 5.69 Å². The van der Waals surface area contributed by atoms with Crippen molar-refractivity contribution in [3.8, 4) is 0 Å². The lowest BCUT2D eigenvalue weighted by Crippen LogP contribution is -2.11. The molecule has 18 heavy (non-hydrogen) atoms. The van der Waals surface area contributed by atoms with Crippen molar-refractivity contribution in [2.45, 2.75) is 4.90 Å². The van der Waals surface area contributed by atoms with Crippen LogP contribution in [0.2, 0.25) is 0 Å². The molecular formula is C12H11FN2O2S. The van der Waals surface area contributed by atoms with Crippen molar-refractivity contribution in [3.05, 3.63) is 54.6 Å². The Hall–Kier alpha value is -2.08. The van der Waals surface area contributed by atoms with Crippen molar-refractivity contribution in [2.75, 3.05) is 10.9 Å². The van der Waals surface area contributed by atoms with Crippen LogP contribution < -0.4 is 10.9 Å². The van der Waals surface area contributed by atoms with E-state index in [1.54, 1.807) is 18.2 Å². The normalized spacial score (nSPS) is 10.9. The van der Waals surface area contributed by atoms with Crippen LogP contribution in [0.3, 0.4) is 0 Å². The third-order valence-corrected chi connectivity index (χ3v) is 3.15. The van der Waals surface area contributed by atoms with Gasteiger partial charge in [-0.3, -0.25) is 5.43 Å². The van der Waals surface area contributed by atoms with Crippen LogP contribution in [0.1, 0.15) is 0 Å². The van der Waals surface area contributed by atoms with Gasteiger partial charge in [-0.25, -0.2) is 0 Å². The van der Waals surface area contributed by atoms with E-state index < -0.39 is 15.1 Å². The van der Waals surface area contributed by atoms with Crippen LogP contribution in [0.5, 0.6) is 0 Å². The summed E-state index contributed by atoms with van der Waals surface area (Å²) in [5.74, 6) is 0. The topological polar surface area (TPSA) is 58.2 Å². The van der Waals surface area contributed by atoms with Gasteiger partial charge >= 0.3 is 10.2 Å². The monoisotopic (exact) mass is 266 g/mol. The Morgan fingerprint density at radius 3 is 2.11 bits per heavy atom. The van der Waals surface area contributed by atoms with E-state index in [1.807, 2.05) is 18.2 Å². The number of hydrogen-bond donors (Lipinski definition) is 2. The number of halogens is 1. The summed E-state index contributed by atoms with van der Waals surface area (Å²) in [5, 5.41) is 0. The van der Waals surface area contributed by atoms with Crippen molar-refractivity contribution >= 4 is 21.6 Å². The minimum absolute atomic E-state index is 0.156. The van der Waals surface area contributed by atoms with E-state index in [1.165, 1.54) is 18.2 Å². The van der Waals surface area contributed by atoms with E-state index in [4.69, 9.17) is 0 Å². The molecule has 0 aliphatic carbocycles. The highest BCUT2D eigenvalue weighted by molar-refractivity contribution is 7.86. The first kappa shape index (κ1) is 12.4. The maximum absolute atomic E-state index is 13.0. The van der Waals surface area contributed by atoms with Gasteiger partial charge in [0.1, 0.15) is 4.90 Å². The number of hydrazine groups is 1. The van der Waals surface area contributed by atoms with E-state index in [0.29, 0.717) is 0 Å². The van der Waals surface area contributed by atoms with Gasteiger partial charge in [-0.05, 0) is 24.3 Å². The van der Waals surface area contributed by atoms with Gasteiger partial charge < -0.3 is 5.43 Å². The third-order valence-electron chi connectivity index (χ3n) is 2.27. The van der Waals surface area contributed by atoms with Crippen LogP contribution in [-0.2, 0) is 10.2 Å². The Balaban J connectivity index is 2.20. The second-order valence-corrected chi connectivity index (χ2v) is 4.87. The molecule has 0 heterocycles. The molecule has 0 saturated carbocycles. The predicted molar refractivity (Wildman–Crippen MR) is 68.4 cm³/mol. The Morgan fingerprint density at radius 2 is 1.44 bits per heavy atom. The summed E-state index contributed by atoms with van der Waals surface area (Å²) < 4.78 is 34.9. The summed E-state index contributed by atoms with van der Waals surface area (Å²) in [7, 11) is -4.74. The van der Waals surface area contributed by atoms with Gasteiger partial charge in [0.25, 0.3) is 0 Å². The molecule has 0 atom stereocenters. The van der Waals surface area contributed by atoms with E-state index in [2.05, 4.69) is 10.9 Å². The maximum Gasteiger partial charge on any atom is 0.334 e. The molecule has 0 unspecified atom stereocenters. The van der Waals surface area contributed by atoms with E-state index in [0.717, 1.165) is 5.69 Å². The molecule has 2 aromatic carbocycles. The largest absolute Gasteiger partial charge is 0.334 e. The predicted octanol–water partition coefficient (Wildman–Crippen LogP) is 2.78. The van der Waals surface area contributed by atoms with Crippen molar-refractivity contribution < 1.29 is 12.3 Å². The SMILES string of the molecule is O=S(=O)(F)c1ccccc1NNc1ccccc1. The molecule has 0 aliphatic heterocycles. The number of anilines is 2. The van der Waals surface area contributed by atoms with Crippen LogP contribution in [0.25, 0.3) is 0 Å². The summed E-state index contributed by atoms with van der Waals surface area (Å²) >= 11 is 0. The molecule has 0 bridgehead atoms. The third kappa shape index (κ3) is 2.98. The number of hydrogen-bond acceptors (Lipinski definition) is 4. The molecule has 0 spiro atoms. The first-order chi connectivity index (χ1) is 8.57. The molecule has 0 aromatic heterocycles. The van der Waals surface area contributed by atoms with Gasteiger partial charge in [-0.15, -0.1) is 3.89 Å². The highest BCUT2D eigenvalue weighted by Crippen LogP contribution is 2.22. The molecule has 2 rings (SSSR count). The Labute approximate surface area is 105 Å². The average molecular weight is 266 g/mol. The lowest BCUT2D eigenvalue weighted by molar-refractivity contribution is 0.552. The summed E-state index contributed by atoms with van der Waals surface area (Å²) in [5.41, 5.74) is 6.35. The molecule has 6 heteroatoms. The second kappa shape index (κ2) is 5.05. The van der Waals surface area contributed by atoms with Gasteiger partial charge in [0.05, 0.1) is 11.4 Å². The fourth-order valence-electron chi connectivity index (χ4n) is 1.44. The summed E-state index contributed by atoms with van der Waals surface area (Å²) in [4.78, 5) is -0.395. The van der Waals surface area contributed by atoms with Crippen molar-refractivity contribution in [1.29, 1.82) is 0 Å². The molecule has 4 nitrogen and oxygen atoms in total. The molecule has 94 valence electrons. The van der Waals surface area contributed by atoms with Crippen molar-refractivity contribution in [1.82, 2.24) is 0 Å². The van der Waals surface area contributed by atoms with Crippen molar-refractivity contribution in [3.63, 3.8) is 0 Å². The van der Waals surface area contributed by atoms with Crippen LogP contribution in [0, 0.1) is 0 Å². The first-order valence-electron chi connectivity index (χ1n) is 5.18. The van der Waals surface area contributed by atoms with Gasteiger partial charge in [-0.1, -0.05) is 30.3 Å². The zero-order chi connectivity index (χ0) is 13.0. The second-order valence-electron chi connectivity index (χ2n) is 3.55. The summed E-state index contributed by atoms with van der Waals surface area (Å²) in [6.07, 6.45) is 0. The minimum atomic E-state index is -4.74. The van der Waals surface area contributed by atoms with Crippen LogP contribution >= 0.6 is 0 Å².